The molecule has 0 aromatic heterocycles. The average Bonchev–Trinajstić information content (AvgIpc) is 2.61. The number of nitrogens with one attached hydrogen (secondary N) is 3. The number of urea groups is 1. The number of rotatable bonds is 7. The van der Waals surface area contributed by atoms with Gasteiger partial charge in [-0.2, -0.15) is 0 Å². The van der Waals surface area contributed by atoms with Crippen molar-refractivity contribution in [3.63, 3.8) is 0 Å². The molecule has 0 radical (unpaired) electrons. The van der Waals surface area contributed by atoms with Crippen LogP contribution in [-0.4, -0.2) is 18.5 Å². The molecule has 0 aliphatic rings. The van der Waals surface area contributed by atoms with Crippen molar-refractivity contribution in [2.24, 2.45) is 5.92 Å². The summed E-state index contributed by atoms with van der Waals surface area (Å²) in [7, 11) is 0. The lowest BCUT2D eigenvalue weighted by Gasteiger charge is -2.23. The van der Waals surface area contributed by atoms with Crippen LogP contribution < -0.4 is 16.0 Å². The third kappa shape index (κ3) is 6.41. The maximum absolute atomic E-state index is 12.2. The summed E-state index contributed by atoms with van der Waals surface area (Å²) < 4.78 is 0. The van der Waals surface area contributed by atoms with Crippen LogP contribution >= 0.6 is 11.6 Å². The lowest BCUT2D eigenvalue weighted by molar-refractivity contribution is -0.122. The monoisotopic (exact) mass is 373 g/mol. The third-order valence-corrected chi connectivity index (χ3v) is 4.13. The third-order valence-electron chi connectivity index (χ3n) is 3.88. The van der Waals surface area contributed by atoms with Crippen LogP contribution in [0, 0.1) is 5.92 Å². The Balaban J connectivity index is 1.79. The molecule has 0 spiro atoms. The van der Waals surface area contributed by atoms with Crippen molar-refractivity contribution in [2.75, 3.05) is 11.9 Å². The molecule has 5 nitrogen and oxygen atoms in total. The fraction of sp³-hybridized carbons (Fsp3) is 0.300. The van der Waals surface area contributed by atoms with Gasteiger partial charge < -0.3 is 16.0 Å². The number of carbonyl (C=O) groups excluding carboxylic acids is 2. The molecule has 0 aliphatic heterocycles. The van der Waals surface area contributed by atoms with Gasteiger partial charge in [-0.1, -0.05) is 55.8 Å². The van der Waals surface area contributed by atoms with Crippen molar-refractivity contribution in [1.82, 2.24) is 10.6 Å². The van der Waals surface area contributed by atoms with Crippen molar-refractivity contribution in [2.45, 2.75) is 26.3 Å². The maximum Gasteiger partial charge on any atom is 0.319 e. The lowest BCUT2D eigenvalue weighted by atomic mass is 9.96. The van der Waals surface area contributed by atoms with E-state index in [0.29, 0.717) is 10.7 Å². The van der Waals surface area contributed by atoms with Crippen molar-refractivity contribution >= 4 is 29.2 Å². The van der Waals surface area contributed by atoms with E-state index in [1.165, 1.54) is 0 Å². The number of halogens is 1. The summed E-state index contributed by atoms with van der Waals surface area (Å²) in [6.07, 6.45) is 0.207. The Bertz CT molecular complexity index is 718. The molecule has 2 aromatic rings. The van der Waals surface area contributed by atoms with E-state index in [2.05, 4.69) is 16.0 Å². The minimum Gasteiger partial charge on any atom is -0.349 e. The normalized spacial score (nSPS) is 11.7. The van der Waals surface area contributed by atoms with Gasteiger partial charge in [0.2, 0.25) is 5.91 Å². The predicted octanol–water partition coefficient (Wildman–Crippen LogP) is 4.37. The minimum atomic E-state index is -0.331. The number of amides is 3. The number of anilines is 1. The van der Waals surface area contributed by atoms with E-state index >= 15 is 0 Å². The first-order chi connectivity index (χ1) is 12.5. The fourth-order valence-electron chi connectivity index (χ4n) is 2.54. The SMILES string of the molecule is CC(C)C(NC(=O)CCNC(=O)Nc1ccccc1)c1ccc(Cl)cc1. The summed E-state index contributed by atoms with van der Waals surface area (Å²) in [6.45, 7) is 4.35. The number of para-hydroxylation sites is 1. The fourth-order valence-corrected chi connectivity index (χ4v) is 2.66. The number of carbonyl (C=O) groups is 2. The predicted molar refractivity (Wildman–Crippen MR) is 105 cm³/mol. The first kappa shape index (κ1) is 19.8. The lowest BCUT2D eigenvalue weighted by Crippen LogP contribution is -2.36. The van der Waals surface area contributed by atoms with E-state index in [4.69, 9.17) is 11.6 Å². The van der Waals surface area contributed by atoms with E-state index in [9.17, 15) is 9.59 Å². The highest BCUT2D eigenvalue weighted by Crippen LogP contribution is 2.23. The molecule has 0 heterocycles. The second kappa shape index (κ2) is 9.82. The summed E-state index contributed by atoms with van der Waals surface area (Å²) in [5.74, 6) is 0.119. The highest BCUT2D eigenvalue weighted by Gasteiger charge is 2.18. The Morgan fingerprint density at radius 2 is 1.65 bits per heavy atom. The zero-order valence-electron chi connectivity index (χ0n) is 15.0. The minimum absolute atomic E-state index is 0.0992. The molecule has 3 N–H and O–H groups in total. The Labute approximate surface area is 159 Å². The Hall–Kier alpha value is -2.53. The quantitative estimate of drug-likeness (QED) is 0.674. The van der Waals surface area contributed by atoms with Crippen LogP contribution in [0.3, 0.4) is 0 Å². The number of hydrogen-bond acceptors (Lipinski definition) is 2. The molecule has 0 bridgehead atoms. The van der Waals surface area contributed by atoms with E-state index in [0.717, 1.165) is 5.56 Å². The van der Waals surface area contributed by atoms with Gasteiger partial charge in [0.1, 0.15) is 0 Å². The summed E-state index contributed by atoms with van der Waals surface area (Å²) >= 11 is 5.92. The van der Waals surface area contributed by atoms with E-state index in [1.54, 1.807) is 12.1 Å². The Morgan fingerprint density at radius 1 is 1.00 bits per heavy atom. The highest BCUT2D eigenvalue weighted by atomic mass is 35.5. The molecule has 0 aliphatic carbocycles. The molecule has 26 heavy (non-hydrogen) atoms. The van der Waals surface area contributed by atoms with Crippen LogP contribution in [0.1, 0.15) is 31.9 Å². The molecule has 138 valence electrons. The summed E-state index contributed by atoms with van der Waals surface area (Å²) in [5, 5.41) is 9.08. The topological polar surface area (TPSA) is 70.2 Å². The zero-order valence-corrected chi connectivity index (χ0v) is 15.7. The molecule has 0 fully saturated rings. The smallest absolute Gasteiger partial charge is 0.319 e. The first-order valence-corrected chi connectivity index (χ1v) is 8.98. The van der Waals surface area contributed by atoms with Crippen LogP contribution in [0.2, 0.25) is 5.02 Å². The van der Waals surface area contributed by atoms with Gasteiger partial charge >= 0.3 is 6.03 Å². The van der Waals surface area contributed by atoms with E-state index in [-0.39, 0.29) is 36.9 Å². The first-order valence-electron chi connectivity index (χ1n) is 8.60. The van der Waals surface area contributed by atoms with Crippen LogP contribution in [0.15, 0.2) is 54.6 Å². The average molecular weight is 374 g/mol. The molecule has 1 unspecified atom stereocenters. The molecule has 6 heteroatoms. The van der Waals surface area contributed by atoms with Crippen molar-refractivity contribution < 1.29 is 9.59 Å². The van der Waals surface area contributed by atoms with Gasteiger partial charge in [-0.25, -0.2) is 4.79 Å². The molecule has 2 aromatic carbocycles. The van der Waals surface area contributed by atoms with Gasteiger partial charge in [0.15, 0.2) is 0 Å². The highest BCUT2D eigenvalue weighted by molar-refractivity contribution is 6.30. The summed E-state index contributed by atoms with van der Waals surface area (Å²) in [6, 6.07) is 16.2. The summed E-state index contributed by atoms with van der Waals surface area (Å²) in [4.78, 5) is 24.0. The largest absolute Gasteiger partial charge is 0.349 e. The molecular formula is C20H24ClN3O2. The van der Waals surface area contributed by atoms with E-state index in [1.807, 2.05) is 56.3 Å². The van der Waals surface area contributed by atoms with Gasteiger partial charge in [0.05, 0.1) is 6.04 Å². The van der Waals surface area contributed by atoms with Gasteiger partial charge in [-0.15, -0.1) is 0 Å². The second-order valence-corrected chi connectivity index (χ2v) is 6.77. The van der Waals surface area contributed by atoms with Gasteiger partial charge in [0.25, 0.3) is 0 Å². The van der Waals surface area contributed by atoms with Gasteiger partial charge in [-0.05, 0) is 35.7 Å². The van der Waals surface area contributed by atoms with Crippen LogP contribution in [0.5, 0.6) is 0 Å². The molecule has 2 rings (SSSR count). The van der Waals surface area contributed by atoms with Crippen molar-refractivity contribution in [3.8, 4) is 0 Å². The Morgan fingerprint density at radius 3 is 2.27 bits per heavy atom. The van der Waals surface area contributed by atoms with Crippen LogP contribution in [-0.2, 0) is 4.79 Å². The van der Waals surface area contributed by atoms with Gasteiger partial charge in [-0.3, -0.25) is 4.79 Å². The van der Waals surface area contributed by atoms with E-state index < -0.39 is 0 Å². The van der Waals surface area contributed by atoms with Crippen LogP contribution in [0.4, 0.5) is 10.5 Å². The molecule has 0 saturated heterocycles. The number of benzene rings is 2. The molecule has 0 saturated carbocycles. The standard InChI is InChI=1S/C20H24ClN3O2/c1-14(2)19(15-8-10-16(21)11-9-15)24-18(25)12-13-22-20(26)23-17-6-4-3-5-7-17/h3-11,14,19H,12-13H2,1-2H3,(H,24,25)(H2,22,23,26). The second-order valence-electron chi connectivity index (χ2n) is 6.34. The van der Waals surface area contributed by atoms with Crippen LogP contribution in [0.25, 0.3) is 0 Å². The number of hydrogen-bond donors (Lipinski definition) is 3. The maximum atomic E-state index is 12.2. The summed E-state index contributed by atoms with van der Waals surface area (Å²) in [5.41, 5.74) is 1.71. The molecule has 1 atom stereocenters. The Kier molecular flexibility index (Phi) is 7.48. The van der Waals surface area contributed by atoms with Crippen molar-refractivity contribution in [1.29, 1.82) is 0 Å². The molecule has 3 amide bonds. The molecular weight excluding hydrogens is 350 g/mol. The zero-order chi connectivity index (χ0) is 18.9. The van der Waals surface area contributed by atoms with Crippen molar-refractivity contribution in [3.05, 3.63) is 65.2 Å². The van der Waals surface area contributed by atoms with Gasteiger partial charge in [0, 0.05) is 23.7 Å².